The van der Waals surface area contributed by atoms with Crippen LogP contribution < -0.4 is 0 Å². The van der Waals surface area contributed by atoms with E-state index in [1.807, 2.05) is 18.3 Å². The molecule has 0 saturated heterocycles. The molecule has 1 aromatic carbocycles. The van der Waals surface area contributed by atoms with Crippen molar-refractivity contribution in [3.05, 3.63) is 28.8 Å². The summed E-state index contributed by atoms with van der Waals surface area (Å²) in [6, 6.07) is 5.99. The fourth-order valence-electron chi connectivity index (χ4n) is 1.70. The lowest BCUT2D eigenvalue weighted by Gasteiger charge is -2.12. The van der Waals surface area contributed by atoms with Gasteiger partial charge in [-0.25, -0.2) is 0 Å². The minimum atomic E-state index is 0.439. The Labute approximate surface area is 83.4 Å². The van der Waals surface area contributed by atoms with Crippen LogP contribution in [0, 0.1) is 5.92 Å². The molecule has 1 nitrogen and oxygen atoms in total. The summed E-state index contributed by atoms with van der Waals surface area (Å²) in [5.41, 5.74) is 2.23. The molecular formula is C11H12ClN. The van der Waals surface area contributed by atoms with Crippen LogP contribution in [0.1, 0.15) is 25.3 Å². The third-order valence-electron chi connectivity index (χ3n) is 2.46. The highest BCUT2D eigenvalue weighted by Crippen LogP contribution is 2.40. The van der Waals surface area contributed by atoms with Crippen molar-refractivity contribution in [3.63, 3.8) is 0 Å². The van der Waals surface area contributed by atoms with E-state index in [1.165, 1.54) is 5.56 Å². The van der Waals surface area contributed by atoms with E-state index in [4.69, 9.17) is 11.6 Å². The van der Waals surface area contributed by atoms with Gasteiger partial charge in [0.05, 0.1) is 10.7 Å². The number of fused-ring (bicyclic) bond motifs is 1. The summed E-state index contributed by atoms with van der Waals surface area (Å²) in [6.45, 7) is 4.40. The molecule has 0 amide bonds. The fraction of sp³-hybridized carbons (Fsp3) is 0.364. The van der Waals surface area contributed by atoms with E-state index in [0.717, 1.165) is 10.7 Å². The standard InChI is InChI=1S/C11H12ClN/c1-7(2)9-6-13-11-8(9)4-3-5-10(11)12/h3-7,9H,1-2H3. The second kappa shape index (κ2) is 3.15. The lowest BCUT2D eigenvalue weighted by Crippen LogP contribution is -2.04. The number of hydrogen-bond acceptors (Lipinski definition) is 1. The molecule has 0 spiro atoms. The second-order valence-electron chi connectivity index (χ2n) is 3.73. The summed E-state index contributed by atoms with van der Waals surface area (Å²) in [4.78, 5) is 4.34. The van der Waals surface area contributed by atoms with E-state index in [0.29, 0.717) is 11.8 Å². The molecule has 1 aliphatic rings. The quantitative estimate of drug-likeness (QED) is 0.644. The topological polar surface area (TPSA) is 12.4 Å². The largest absolute Gasteiger partial charge is 0.259 e. The zero-order valence-electron chi connectivity index (χ0n) is 7.79. The molecule has 0 aliphatic carbocycles. The Bertz CT molecular complexity index is 355. The van der Waals surface area contributed by atoms with Crippen molar-refractivity contribution in [2.75, 3.05) is 0 Å². The highest BCUT2D eigenvalue weighted by atomic mass is 35.5. The molecular weight excluding hydrogens is 182 g/mol. The first-order valence-electron chi connectivity index (χ1n) is 4.52. The molecule has 0 bridgehead atoms. The Balaban J connectivity index is 2.49. The van der Waals surface area contributed by atoms with Crippen LogP contribution in [0.25, 0.3) is 0 Å². The van der Waals surface area contributed by atoms with Crippen molar-refractivity contribution in [2.24, 2.45) is 10.9 Å². The van der Waals surface area contributed by atoms with Crippen LogP contribution in [-0.2, 0) is 0 Å². The maximum absolute atomic E-state index is 6.03. The van der Waals surface area contributed by atoms with Gasteiger partial charge in [-0.3, -0.25) is 4.99 Å². The molecule has 1 aromatic rings. The predicted molar refractivity (Wildman–Crippen MR) is 57.2 cm³/mol. The van der Waals surface area contributed by atoms with Crippen LogP contribution in [-0.4, -0.2) is 6.21 Å². The highest BCUT2D eigenvalue weighted by molar-refractivity contribution is 6.33. The first-order chi connectivity index (χ1) is 6.20. The summed E-state index contributed by atoms with van der Waals surface area (Å²) >= 11 is 6.03. The molecule has 68 valence electrons. The molecule has 1 heterocycles. The van der Waals surface area contributed by atoms with Crippen LogP contribution in [0.2, 0.25) is 5.02 Å². The summed E-state index contributed by atoms with van der Waals surface area (Å²) < 4.78 is 0. The number of nitrogens with zero attached hydrogens (tertiary/aromatic N) is 1. The van der Waals surface area contributed by atoms with Crippen molar-refractivity contribution >= 4 is 23.5 Å². The van der Waals surface area contributed by atoms with Gasteiger partial charge in [0.25, 0.3) is 0 Å². The molecule has 2 heteroatoms. The molecule has 0 aromatic heterocycles. The third-order valence-corrected chi connectivity index (χ3v) is 2.76. The van der Waals surface area contributed by atoms with Crippen LogP contribution in [0.4, 0.5) is 5.69 Å². The minimum Gasteiger partial charge on any atom is -0.259 e. The Kier molecular flexibility index (Phi) is 2.12. The molecule has 1 unspecified atom stereocenters. The van der Waals surface area contributed by atoms with Crippen LogP contribution in [0.15, 0.2) is 23.2 Å². The lowest BCUT2D eigenvalue weighted by atomic mass is 9.90. The van der Waals surface area contributed by atoms with Crippen molar-refractivity contribution in [2.45, 2.75) is 19.8 Å². The fourth-order valence-corrected chi connectivity index (χ4v) is 1.93. The van der Waals surface area contributed by atoms with Gasteiger partial charge < -0.3 is 0 Å². The van der Waals surface area contributed by atoms with E-state index in [1.54, 1.807) is 0 Å². The van der Waals surface area contributed by atoms with Gasteiger partial charge in [-0.1, -0.05) is 37.6 Å². The number of para-hydroxylation sites is 1. The van der Waals surface area contributed by atoms with E-state index >= 15 is 0 Å². The molecule has 0 fully saturated rings. The monoisotopic (exact) mass is 193 g/mol. The van der Waals surface area contributed by atoms with Crippen molar-refractivity contribution in [1.29, 1.82) is 0 Å². The maximum Gasteiger partial charge on any atom is 0.0850 e. The lowest BCUT2D eigenvalue weighted by molar-refractivity contribution is 0.617. The zero-order chi connectivity index (χ0) is 9.42. The smallest absolute Gasteiger partial charge is 0.0850 e. The second-order valence-corrected chi connectivity index (χ2v) is 4.13. The first kappa shape index (κ1) is 8.76. The van der Waals surface area contributed by atoms with E-state index < -0.39 is 0 Å². The van der Waals surface area contributed by atoms with Crippen molar-refractivity contribution in [1.82, 2.24) is 0 Å². The Morgan fingerprint density at radius 3 is 2.85 bits per heavy atom. The number of rotatable bonds is 1. The maximum atomic E-state index is 6.03. The summed E-state index contributed by atoms with van der Waals surface area (Å²) in [6.07, 6.45) is 2.00. The van der Waals surface area contributed by atoms with Gasteiger partial charge in [0.2, 0.25) is 0 Å². The van der Waals surface area contributed by atoms with Gasteiger partial charge in [0, 0.05) is 12.1 Å². The van der Waals surface area contributed by atoms with Gasteiger partial charge in [-0.15, -0.1) is 0 Å². The number of aliphatic imine (C=N–C) groups is 1. The van der Waals surface area contributed by atoms with Gasteiger partial charge in [-0.05, 0) is 17.5 Å². The van der Waals surface area contributed by atoms with Gasteiger partial charge in [-0.2, -0.15) is 0 Å². The van der Waals surface area contributed by atoms with Gasteiger partial charge >= 0.3 is 0 Å². The van der Waals surface area contributed by atoms with Crippen LogP contribution in [0.5, 0.6) is 0 Å². The molecule has 0 saturated carbocycles. The summed E-state index contributed by atoms with van der Waals surface area (Å²) in [5, 5.41) is 0.761. The number of halogens is 1. The zero-order valence-corrected chi connectivity index (χ0v) is 8.55. The predicted octanol–water partition coefficient (Wildman–Crippen LogP) is 3.80. The van der Waals surface area contributed by atoms with Crippen molar-refractivity contribution < 1.29 is 0 Å². The average Bonchev–Trinajstić information content (AvgIpc) is 2.48. The number of benzene rings is 1. The summed E-state index contributed by atoms with van der Waals surface area (Å²) in [7, 11) is 0. The SMILES string of the molecule is CC(C)C1C=Nc2c(Cl)cccc21. The third kappa shape index (κ3) is 1.37. The normalized spacial score (nSPS) is 19.5. The first-order valence-corrected chi connectivity index (χ1v) is 4.90. The average molecular weight is 194 g/mol. The van der Waals surface area contributed by atoms with Gasteiger partial charge in [0.1, 0.15) is 0 Å². The van der Waals surface area contributed by atoms with E-state index in [2.05, 4.69) is 24.9 Å². The Morgan fingerprint density at radius 2 is 2.15 bits per heavy atom. The highest BCUT2D eigenvalue weighted by Gasteiger charge is 2.22. The Hall–Kier alpha value is -0.820. The van der Waals surface area contributed by atoms with Crippen molar-refractivity contribution in [3.8, 4) is 0 Å². The van der Waals surface area contributed by atoms with Gasteiger partial charge in [0.15, 0.2) is 0 Å². The van der Waals surface area contributed by atoms with E-state index in [9.17, 15) is 0 Å². The van der Waals surface area contributed by atoms with E-state index in [-0.39, 0.29) is 0 Å². The molecule has 2 rings (SSSR count). The molecule has 1 atom stereocenters. The molecule has 1 aliphatic heterocycles. The Morgan fingerprint density at radius 1 is 1.38 bits per heavy atom. The molecule has 0 N–H and O–H groups in total. The van der Waals surface area contributed by atoms with Crippen LogP contribution in [0.3, 0.4) is 0 Å². The molecule has 0 radical (unpaired) electrons. The minimum absolute atomic E-state index is 0.439. The van der Waals surface area contributed by atoms with Crippen LogP contribution >= 0.6 is 11.6 Å². The number of hydrogen-bond donors (Lipinski definition) is 0. The molecule has 13 heavy (non-hydrogen) atoms. The summed E-state index contributed by atoms with van der Waals surface area (Å²) in [5.74, 6) is 1.03.